The van der Waals surface area contributed by atoms with Crippen LogP contribution >= 0.6 is 0 Å². The Labute approximate surface area is 169 Å². The molecule has 1 aliphatic rings. The van der Waals surface area contributed by atoms with E-state index in [1.54, 1.807) is 24.2 Å². The number of Topliss-reactive ketones (excluding diaryl/α,β-unsaturated/α-hetero) is 1. The monoisotopic (exact) mass is 413 g/mol. The van der Waals surface area contributed by atoms with Crippen molar-refractivity contribution < 1.29 is 18.3 Å². The van der Waals surface area contributed by atoms with Crippen molar-refractivity contribution in [2.75, 3.05) is 24.6 Å². The van der Waals surface area contributed by atoms with Crippen molar-refractivity contribution in [1.29, 1.82) is 0 Å². The highest BCUT2D eigenvalue weighted by Crippen LogP contribution is 2.20. The molecule has 0 bridgehead atoms. The zero-order valence-electron chi connectivity index (χ0n) is 16.0. The summed E-state index contributed by atoms with van der Waals surface area (Å²) in [6.45, 7) is 0.702. The lowest BCUT2D eigenvalue weighted by molar-refractivity contribution is 0.0336. The average molecular weight is 413 g/mol. The lowest BCUT2D eigenvalue weighted by Gasteiger charge is -2.33. The van der Waals surface area contributed by atoms with Crippen LogP contribution in [0.15, 0.2) is 47.7 Å². The zero-order valence-corrected chi connectivity index (χ0v) is 16.0. The molecule has 154 valence electrons. The molecule has 0 N–H and O–H groups in total. The van der Waals surface area contributed by atoms with Crippen LogP contribution in [0.1, 0.15) is 10.4 Å². The lowest BCUT2D eigenvalue weighted by atomic mass is 10.0. The van der Waals surface area contributed by atoms with E-state index in [4.69, 9.17) is 4.74 Å². The second kappa shape index (κ2) is 8.07. The third-order valence-corrected chi connectivity index (χ3v) is 4.80. The summed E-state index contributed by atoms with van der Waals surface area (Å²) in [4.78, 5) is 39.5. The zero-order chi connectivity index (χ0) is 21.3. The molecule has 0 spiro atoms. The molecule has 2 aromatic heterocycles. The van der Waals surface area contributed by atoms with Gasteiger partial charge < -0.3 is 9.64 Å². The fourth-order valence-corrected chi connectivity index (χ4v) is 3.21. The minimum absolute atomic E-state index is 0.0114. The van der Waals surface area contributed by atoms with Gasteiger partial charge in [-0.2, -0.15) is 0 Å². The molecule has 1 fully saturated rings. The summed E-state index contributed by atoms with van der Waals surface area (Å²) in [5.74, 6) is -2.26. The van der Waals surface area contributed by atoms with Gasteiger partial charge in [-0.25, -0.2) is 23.7 Å². The molecule has 1 aromatic carbocycles. The van der Waals surface area contributed by atoms with Crippen LogP contribution in [0.4, 0.5) is 14.7 Å². The number of anilines is 1. The molecule has 1 atom stereocenters. The van der Waals surface area contributed by atoms with Crippen LogP contribution < -0.4 is 10.5 Å². The Morgan fingerprint density at radius 2 is 2.00 bits per heavy atom. The number of aromatic nitrogens is 4. The van der Waals surface area contributed by atoms with Gasteiger partial charge in [-0.15, -0.1) is 0 Å². The third-order valence-electron chi connectivity index (χ3n) is 4.80. The molecule has 0 saturated carbocycles. The summed E-state index contributed by atoms with van der Waals surface area (Å²) in [5, 5.41) is 0. The molecule has 8 nitrogen and oxygen atoms in total. The minimum atomic E-state index is -1.10. The number of ether oxygens (including phenoxy) is 1. The maximum absolute atomic E-state index is 13.5. The largest absolute Gasteiger partial charge is 0.366 e. The summed E-state index contributed by atoms with van der Waals surface area (Å²) in [5.41, 5.74) is 0.595. The van der Waals surface area contributed by atoms with E-state index >= 15 is 0 Å². The predicted octanol–water partition coefficient (Wildman–Crippen LogP) is 1.60. The van der Waals surface area contributed by atoms with Gasteiger partial charge in [-0.1, -0.05) is 0 Å². The number of carbonyl (C=O) groups excluding carboxylic acids is 1. The fraction of sp³-hybridized carbons (Fsp3) is 0.250. The van der Waals surface area contributed by atoms with Gasteiger partial charge >= 0.3 is 0 Å². The van der Waals surface area contributed by atoms with Crippen molar-refractivity contribution in [3.05, 3.63) is 70.4 Å². The minimum Gasteiger partial charge on any atom is -0.366 e. The summed E-state index contributed by atoms with van der Waals surface area (Å²) in [7, 11) is 1.58. The van der Waals surface area contributed by atoms with E-state index < -0.39 is 23.5 Å². The molecule has 30 heavy (non-hydrogen) atoms. The van der Waals surface area contributed by atoms with Crippen molar-refractivity contribution in [1.82, 2.24) is 19.5 Å². The molecular formula is C20H17F2N5O3. The first kappa shape index (κ1) is 19.8. The van der Waals surface area contributed by atoms with E-state index in [1.807, 2.05) is 0 Å². The Morgan fingerprint density at radius 1 is 1.17 bits per heavy atom. The van der Waals surface area contributed by atoms with Gasteiger partial charge in [0.15, 0.2) is 17.4 Å². The van der Waals surface area contributed by atoms with E-state index in [9.17, 15) is 18.4 Å². The van der Waals surface area contributed by atoms with Crippen LogP contribution in [0.3, 0.4) is 0 Å². The second-order valence-corrected chi connectivity index (χ2v) is 6.73. The summed E-state index contributed by atoms with van der Waals surface area (Å²) in [6, 6.07) is 5.98. The van der Waals surface area contributed by atoms with E-state index in [0.717, 1.165) is 12.1 Å². The van der Waals surface area contributed by atoms with Crippen molar-refractivity contribution >= 4 is 11.7 Å². The summed E-state index contributed by atoms with van der Waals surface area (Å²) < 4.78 is 33.6. The van der Waals surface area contributed by atoms with E-state index in [-0.39, 0.29) is 24.3 Å². The molecule has 3 heterocycles. The van der Waals surface area contributed by atoms with Crippen LogP contribution in [-0.4, -0.2) is 51.1 Å². The van der Waals surface area contributed by atoms with Crippen LogP contribution in [-0.2, 0) is 11.8 Å². The standard InChI is InChI=1S/C20H17F2N5O3/c1-26-18(28)9-16(15-4-5-23-11-24-15)25-20(26)27-6-7-30-17(10-27)19(29)12-2-3-13(21)14(22)8-12/h2-5,8-9,11,17H,6-7,10H2,1H3. The van der Waals surface area contributed by atoms with Gasteiger partial charge in [0, 0.05) is 31.4 Å². The van der Waals surface area contributed by atoms with Gasteiger partial charge in [0.2, 0.25) is 5.95 Å². The van der Waals surface area contributed by atoms with Gasteiger partial charge in [-0.05, 0) is 24.3 Å². The number of rotatable bonds is 4. The normalized spacial score (nSPS) is 16.5. The quantitative estimate of drug-likeness (QED) is 0.600. The first-order chi connectivity index (χ1) is 14.4. The molecule has 0 radical (unpaired) electrons. The second-order valence-electron chi connectivity index (χ2n) is 6.73. The third kappa shape index (κ3) is 3.81. The SMILES string of the molecule is Cn1c(N2CCOC(C(=O)c3ccc(F)c(F)c3)C2)nc(-c2ccncn2)cc1=O. The molecule has 1 unspecified atom stereocenters. The Bertz CT molecular complexity index is 1150. The van der Waals surface area contributed by atoms with Gasteiger partial charge in [0.05, 0.1) is 24.5 Å². The molecule has 1 aliphatic heterocycles. The summed E-state index contributed by atoms with van der Waals surface area (Å²) >= 11 is 0. The van der Waals surface area contributed by atoms with Crippen molar-refractivity contribution in [2.24, 2.45) is 7.05 Å². The molecule has 10 heteroatoms. The highest BCUT2D eigenvalue weighted by Gasteiger charge is 2.30. The van der Waals surface area contributed by atoms with Gasteiger partial charge in [0.1, 0.15) is 12.4 Å². The van der Waals surface area contributed by atoms with Crippen LogP contribution in [0.25, 0.3) is 11.4 Å². The number of carbonyl (C=O) groups is 1. The van der Waals surface area contributed by atoms with E-state index in [0.29, 0.717) is 23.9 Å². The van der Waals surface area contributed by atoms with E-state index in [2.05, 4.69) is 15.0 Å². The van der Waals surface area contributed by atoms with Crippen LogP contribution in [0.5, 0.6) is 0 Å². The number of nitrogens with zero attached hydrogens (tertiary/aromatic N) is 5. The first-order valence-corrected chi connectivity index (χ1v) is 9.14. The molecule has 1 saturated heterocycles. The number of hydrogen-bond donors (Lipinski definition) is 0. The maximum atomic E-state index is 13.5. The van der Waals surface area contributed by atoms with Gasteiger partial charge in [-0.3, -0.25) is 14.2 Å². The maximum Gasteiger partial charge on any atom is 0.255 e. The average Bonchev–Trinajstić information content (AvgIpc) is 2.77. The van der Waals surface area contributed by atoms with Crippen LogP contribution in [0, 0.1) is 11.6 Å². The lowest BCUT2D eigenvalue weighted by Crippen LogP contribution is -2.48. The first-order valence-electron chi connectivity index (χ1n) is 9.14. The van der Waals surface area contributed by atoms with Crippen molar-refractivity contribution in [3.63, 3.8) is 0 Å². The Hall–Kier alpha value is -3.53. The Morgan fingerprint density at radius 3 is 2.73 bits per heavy atom. The smallest absolute Gasteiger partial charge is 0.255 e. The molecule has 4 rings (SSSR count). The topological polar surface area (TPSA) is 90.2 Å². The van der Waals surface area contributed by atoms with E-state index in [1.165, 1.54) is 23.0 Å². The van der Waals surface area contributed by atoms with Crippen molar-refractivity contribution in [2.45, 2.75) is 6.10 Å². The number of ketones is 1. The van der Waals surface area contributed by atoms with Crippen molar-refractivity contribution in [3.8, 4) is 11.4 Å². The number of halogens is 2. The number of benzene rings is 1. The highest BCUT2D eigenvalue weighted by atomic mass is 19.2. The number of hydrogen-bond acceptors (Lipinski definition) is 7. The molecule has 3 aromatic rings. The molecular weight excluding hydrogens is 396 g/mol. The molecule has 0 aliphatic carbocycles. The fourth-order valence-electron chi connectivity index (χ4n) is 3.21. The summed E-state index contributed by atoms with van der Waals surface area (Å²) in [6.07, 6.45) is 1.99. The Balaban J connectivity index is 1.63. The Kier molecular flexibility index (Phi) is 5.32. The highest BCUT2D eigenvalue weighted by molar-refractivity contribution is 6.00. The van der Waals surface area contributed by atoms with Gasteiger partial charge in [0.25, 0.3) is 5.56 Å². The molecule has 0 amide bonds. The number of morpholine rings is 1. The van der Waals surface area contributed by atoms with Crippen LogP contribution in [0.2, 0.25) is 0 Å². The predicted molar refractivity (Wildman–Crippen MR) is 103 cm³/mol.